The van der Waals surface area contributed by atoms with Crippen LogP contribution in [0.4, 0.5) is 4.39 Å². The van der Waals surface area contributed by atoms with Crippen molar-refractivity contribution in [2.24, 2.45) is 0 Å². The SMILES string of the molecule is O=C(c1ccc2nc(-c3ccc(F)cc3)cn2c1)N1CCc2ncccc2C1. The number of carbonyl (C=O) groups excluding carboxylic acids is 1. The first-order valence-corrected chi connectivity index (χ1v) is 9.14. The molecule has 138 valence electrons. The number of aromatic nitrogens is 3. The minimum absolute atomic E-state index is 0.00608. The number of pyridine rings is 2. The lowest BCUT2D eigenvalue weighted by molar-refractivity contribution is 0.0733. The molecule has 5 rings (SSSR count). The number of nitrogens with zero attached hydrogens (tertiary/aromatic N) is 4. The Kier molecular flexibility index (Phi) is 3.90. The van der Waals surface area contributed by atoms with Crippen LogP contribution in [-0.2, 0) is 13.0 Å². The molecule has 0 fully saturated rings. The Balaban J connectivity index is 1.43. The van der Waals surface area contributed by atoms with Crippen LogP contribution >= 0.6 is 0 Å². The van der Waals surface area contributed by atoms with Gasteiger partial charge in [-0.15, -0.1) is 0 Å². The number of hydrogen-bond acceptors (Lipinski definition) is 3. The van der Waals surface area contributed by atoms with Crippen LogP contribution in [0.25, 0.3) is 16.9 Å². The largest absolute Gasteiger partial charge is 0.334 e. The van der Waals surface area contributed by atoms with E-state index in [1.165, 1.54) is 12.1 Å². The number of hydrogen-bond donors (Lipinski definition) is 0. The van der Waals surface area contributed by atoms with Gasteiger partial charge in [0.15, 0.2) is 0 Å². The molecule has 0 atom stereocenters. The van der Waals surface area contributed by atoms with Gasteiger partial charge in [0.25, 0.3) is 5.91 Å². The van der Waals surface area contributed by atoms with Crippen molar-refractivity contribution in [2.45, 2.75) is 13.0 Å². The number of amides is 1. The van der Waals surface area contributed by atoms with E-state index in [9.17, 15) is 9.18 Å². The summed E-state index contributed by atoms with van der Waals surface area (Å²) in [7, 11) is 0. The summed E-state index contributed by atoms with van der Waals surface area (Å²) in [6.45, 7) is 1.23. The van der Waals surface area contributed by atoms with Crippen molar-refractivity contribution in [1.29, 1.82) is 0 Å². The molecule has 0 spiro atoms. The van der Waals surface area contributed by atoms with E-state index in [0.717, 1.165) is 34.6 Å². The van der Waals surface area contributed by atoms with E-state index in [1.807, 2.05) is 33.7 Å². The second kappa shape index (κ2) is 6.56. The highest BCUT2D eigenvalue weighted by atomic mass is 19.1. The van der Waals surface area contributed by atoms with E-state index >= 15 is 0 Å². The molecule has 4 heterocycles. The Bertz CT molecular complexity index is 1180. The molecule has 1 amide bonds. The van der Waals surface area contributed by atoms with Crippen LogP contribution in [0, 0.1) is 5.82 Å². The lowest BCUT2D eigenvalue weighted by Crippen LogP contribution is -2.36. The molecule has 3 aromatic heterocycles. The Hall–Kier alpha value is -3.54. The van der Waals surface area contributed by atoms with Gasteiger partial charge in [0.05, 0.1) is 11.3 Å². The molecule has 0 saturated heterocycles. The molecule has 0 aliphatic carbocycles. The number of benzene rings is 1. The Labute approximate surface area is 161 Å². The molecule has 1 aliphatic rings. The maximum atomic E-state index is 13.1. The molecule has 1 aliphatic heterocycles. The number of fused-ring (bicyclic) bond motifs is 2. The van der Waals surface area contributed by atoms with Crippen molar-refractivity contribution < 1.29 is 9.18 Å². The smallest absolute Gasteiger partial charge is 0.255 e. The highest BCUT2D eigenvalue weighted by molar-refractivity contribution is 5.94. The highest BCUT2D eigenvalue weighted by Crippen LogP contribution is 2.22. The average Bonchev–Trinajstić information content (AvgIpc) is 3.16. The summed E-state index contributed by atoms with van der Waals surface area (Å²) in [6, 6.07) is 13.8. The van der Waals surface area contributed by atoms with Gasteiger partial charge in [0.2, 0.25) is 0 Å². The van der Waals surface area contributed by atoms with Gasteiger partial charge in [-0.1, -0.05) is 6.07 Å². The van der Waals surface area contributed by atoms with Gasteiger partial charge < -0.3 is 9.30 Å². The number of halogens is 1. The molecular weight excluding hydrogens is 355 g/mol. The molecule has 6 heteroatoms. The lowest BCUT2D eigenvalue weighted by atomic mass is 10.1. The lowest BCUT2D eigenvalue weighted by Gasteiger charge is -2.28. The summed E-state index contributed by atoms with van der Waals surface area (Å²) < 4.78 is 15.0. The van der Waals surface area contributed by atoms with Crippen molar-refractivity contribution in [3.63, 3.8) is 0 Å². The van der Waals surface area contributed by atoms with Crippen LogP contribution in [0.3, 0.4) is 0 Å². The van der Waals surface area contributed by atoms with Gasteiger partial charge >= 0.3 is 0 Å². The van der Waals surface area contributed by atoms with E-state index in [0.29, 0.717) is 18.7 Å². The van der Waals surface area contributed by atoms with Crippen LogP contribution < -0.4 is 0 Å². The third kappa shape index (κ3) is 2.93. The van der Waals surface area contributed by atoms with Gasteiger partial charge in [-0.2, -0.15) is 0 Å². The molecule has 0 saturated carbocycles. The van der Waals surface area contributed by atoms with Crippen LogP contribution in [0.1, 0.15) is 21.6 Å². The Morgan fingerprint density at radius 2 is 1.89 bits per heavy atom. The fourth-order valence-corrected chi connectivity index (χ4v) is 3.60. The summed E-state index contributed by atoms with van der Waals surface area (Å²) >= 11 is 0. The fraction of sp³-hybridized carbons (Fsp3) is 0.136. The van der Waals surface area contributed by atoms with Gasteiger partial charge in [-0.3, -0.25) is 9.78 Å². The van der Waals surface area contributed by atoms with Crippen molar-refractivity contribution in [2.75, 3.05) is 6.54 Å². The van der Waals surface area contributed by atoms with Gasteiger partial charge in [0.1, 0.15) is 11.5 Å². The molecule has 1 aromatic carbocycles. The van der Waals surface area contributed by atoms with Crippen molar-refractivity contribution in [3.8, 4) is 11.3 Å². The van der Waals surface area contributed by atoms with Crippen LogP contribution in [-0.4, -0.2) is 31.7 Å². The average molecular weight is 372 g/mol. The van der Waals surface area contributed by atoms with Crippen LogP contribution in [0.5, 0.6) is 0 Å². The quantitative estimate of drug-likeness (QED) is 0.539. The maximum Gasteiger partial charge on any atom is 0.255 e. The predicted molar refractivity (Wildman–Crippen MR) is 103 cm³/mol. The summed E-state index contributed by atoms with van der Waals surface area (Å²) in [6.07, 6.45) is 6.22. The zero-order valence-electron chi connectivity index (χ0n) is 15.0. The topological polar surface area (TPSA) is 50.5 Å². The zero-order chi connectivity index (χ0) is 19.1. The van der Waals surface area contributed by atoms with Crippen molar-refractivity contribution in [3.05, 3.63) is 89.8 Å². The number of carbonyl (C=O) groups is 1. The normalized spacial score (nSPS) is 13.5. The molecular formula is C22H17FN4O. The molecule has 0 N–H and O–H groups in total. The first kappa shape index (κ1) is 16.6. The molecule has 5 nitrogen and oxygen atoms in total. The number of imidazole rings is 1. The van der Waals surface area contributed by atoms with Crippen LogP contribution in [0.2, 0.25) is 0 Å². The summed E-state index contributed by atoms with van der Waals surface area (Å²) in [5, 5.41) is 0. The van der Waals surface area contributed by atoms with Gasteiger partial charge in [-0.25, -0.2) is 9.37 Å². The van der Waals surface area contributed by atoms with Crippen LogP contribution in [0.15, 0.2) is 67.1 Å². The second-order valence-electron chi connectivity index (χ2n) is 6.90. The van der Waals surface area contributed by atoms with Gasteiger partial charge in [-0.05, 0) is 48.0 Å². The van der Waals surface area contributed by atoms with E-state index in [2.05, 4.69) is 9.97 Å². The highest BCUT2D eigenvalue weighted by Gasteiger charge is 2.22. The minimum Gasteiger partial charge on any atom is -0.334 e. The monoisotopic (exact) mass is 372 g/mol. The fourth-order valence-electron chi connectivity index (χ4n) is 3.60. The standard InChI is InChI=1S/C22H17FN4O/c23-18-6-3-15(4-7-18)20-14-27-13-17(5-8-21(27)25-20)22(28)26-11-9-19-16(12-26)2-1-10-24-19/h1-8,10,13-14H,9,11-12H2. The third-order valence-corrected chi connectivity index (χ3v) is 5.09. The maximum absolute atomic E-state index is 13.1. The Morgan fingerprint density at radius 1 is 1.04 bits per heavy atom. The number of rotatable bonds is 2. The van der Waals surface area contributed by atoms with Gasteiger partial charge in [0, 0.05) is 49.4 Å². The summed E-state index contributed by atoms with van der Waals surface area (Å²) in [5.41, 5.74) is 5.10. The third-order valence-electron chi connectivity index (χ3n) is 5.09. The first-order chi connectivity index (χ1) is 13.7. The second-order valence-corrected chi connectivity index (χ2v) is 6.90. The molecule has 0 unspecified atom stereocenters. The molecule has 28 heavy (non-hydrogen) atoms. The molecule has 4 aromatic rings. The van der Waals surface area contributed by atoms with E-state index < -0.39 is 0 Å². The van der Waals surface area contributed by atoms with Crippen molar-refractivity contribution in [1.82, 2.24) is 19.3 Å². The summed E-state index contributed by atoms with van der Waals surface area (Å²) in [5.74, 6) is -0.285. The Morgan fingerprint density at radius 3 is 2.75 bits per heavy atom. The van der Waals surface area contributed by atoms with E-state index in [1.54, 1.807) is 30.6 Å². The molecule has 0 bridgehead atoms. The van der Waals surface area contributed by atoms with E-state index in [4.69, 9.17) is 0 Å². The minimum atomic E-state index is -0.279. The van der Waals surface area contributed by atoms with E-state index in [-0.39, 0.29) is 11.7 Å². The zero-order valence-corrected chi connectivity index (χ0v) is 15.0. The summed E-state index contributed by atoms with van der Waals surface area (Å²) in [4.78, 5) is 23.8. The van der Waals surface area contributed by atoms with Crippen molar-refractivity contribution >= 4 is 11.6 Å². The molecule has 0 radical (unpaired) electrons. The predicted octanol–water partition coefficient (Wildman–Crippen LogP) is 3.73. The first-order valence-electron chi connectivity index (χ1n) is 9.14.